The molecule has 0 spiro atoms. The number of halogens is 1. The van der Waals surface area contributed by atoms with Crippen LogP contribution in [-0.4, -0.2) is 24.3 Å². The Kier molecular flexibility index (Phi) is 6.00. The molecule has 0 aliphatic carbocycles. The zero-order valence-electron chi connectivity index (χ0n) is 11.6. The van der Waals surface area contributed by atoms with Crippen molar-refractivity contribution >= 4 is 35.9 Å². The number of rotatable bonds is 6. The highest BCUT2D eigenvalue weighted by molar-refractivity contribution is 7.97. The highest BCUT2D eigenvalue weighted by Crippen LogP contribution is 2.26. The van der Waals surface area contributed by atoms with Gasteiger partial charge in [-0.1, -0.05) is 41.9 Å². The van der Waals surface area contributed by atoms with Gasteiger partial charge in [0.05, 0.1) is 7.11 Å². The van der Waals surface area contributed by atoms with Gasteiger partial charge in [-0.2, -0.15) is 11.8 Å². The summed E-state index contributed by atoms with van der Waals surface area (Å²) >= 11 is 7.82. The topological polar surface area (TPSA) is 49.7 Å². The number of benzene rings is 2. The molecule has 6 heteroatoms. The molecule has 0 saturated carbocycles. The van der Waals surface area contributed by atoms with E-state index in [1.165, 1.54) is 0 Å². The fourth-order valence-corrected chi connectivity index (χ4v) is 3.26. The van der Waals surface area contributed by atoms with E-state index < -0.39 is 7.12 Å². The molecule has 3 nitrogen and oxygen atoms in total. The Labute approximate surface area is 134 Å². The van der Waals surface area contributed by atoms with Crippen molar-refractivity contribution in [3.63, 3.8) is 0 Å². The normalized spacial score (nSPS) is 10.5. The molecule has 0 fully saturated rings. The molecule has 0 bridgehead atoms. The van der Waals surface area contributed by atoms with Gasteiger partial charge in [-0.3, -0.25) is 0 Å². The van der Waals surface area contributed by atoms with Crippen molar-refractivity contribution in [2.75, 3.05) is 7.11 Å². The van der Waals surface area contributed by atoms with Gasteiger partial charge < -0.3 is 14.8 Å². The molecule has 0 heterocycles. The summed E-state index contributed by atoms with van der Waals surface area (Å²) in [6.45, 7) is 0. The van der Waals surface area contributed by atoms with Crippen LogP contribution < -0.4 is 10.2 Å². The minimum atomic E-state index is -1.47. The molecule has 2 aromatic rings. The Balaban J connectivity index is 2.05. The average molecular weight is 323 g/mol. The van der Waals surface area contributed by atoms with Crippen LogP contribution in [0.5, 0.6) is 5.75 Å². The lowest BCUT2D eigenvalue weighted by molar-refractivity contribution is 0.410. The third-order valence-electron chi connectivity index (χ3n) is 3.08. The van der Waals surface area contributed by atoms with E-state index in [-0.39, 0.29) is 0 Å². The van der Waals surface area contributed by atoms with Crippen LogP contribution >= 0.6 is 23.4 Å². The number of hydrogen-bond acceptors (Lipinski definition) is 4. The minimum absolute atomic E-state index is 0.462. The zero-order valence-corrected chi connectivity index (χ0v) is 13.2. The lowest BCUT2D eigenvalue weighted by Crippen LogP contribution is -2.30. The van der Waals surface area contributed by atoms with Gasteiger partial charge in [0.15, 0.2) is 0 Å². The van der Waals surface area contributed by atoms with Crippen LogP contribution in [0.4, 0.5) is 0 Å². The summed E-state index contributed by atoms with van der Waals surface area (Å²) in [5.41, 5.74) is 2.48. The van der Waals surface area contributed by atoms with Crippen molar-refractivity contribution < 1.29 is 14.8 Å². The molecule has 0 saturated heterocycles. The van der Waals surface area contributed by atoms with Crippen LogP contribution in [-0.2, 0) is 11.5 Å². The third-order valence-corrected chi connectivity index (χ3v) is 4.47. The molecule has 110 valence electrons. The van der Waals surface area contributed by atoms with Crippen molar-refractivity contribution in [2.24, 2.45) is 0 Å². The third kappa shape index (κ3) is 4.41. The first-order valence-corrected chi connectivity index (χ1v) is 7.99. The first kappa shape index (κ1) is 16.2. The predicted octanol–water partition coefficient (Wildman–Crippen LogP) is 2.46. The molecule has 0 aliphatic rings. The van der Waals surface area contributed by atoms with Gasteiger partial charge in [0, 0.05) is 22.1 Å². The second kappa shape index (κ2) is 7.75. The molecular formula is C15H16BClO3S. The Bertz CT molecular complexity index is 607. The first-order chi connectivity index (χ1) is 10.1. The highest BCUT2D eigenvalue weighted by Gasteiger charge is 2.14. The number of methoxy groups -OCH3 is 1. The second-order valence-electron chi connectivity index (χ2n) is 4.53. The summed E-state index contributed by atoms with van der Waals surface area (Å²) < 4.78 is 5.30. The predicted molar refractivity (Wildman–Crippen MR) is 89.3 cm³/mol. The molecule has 0 aromatic heterocycles. The SMILES string of the molecule is COc1ccc(B(O)O)cc1CSCc1ccccc1Cl. The molecule has 0 aliphatic heterocycles. The number of hydrogen-bond donors (Lipinski definition) is 2. The fourth-order valence-electron chi connectivity index (χ4n) is 1.96. The summed E-state index contributed by atoms with van der Waals surface area (Å²) in [6, 6.07) is 12.9. The smallest absolute Gasteiger partial charge is 0.488 e. The Morgan fingerprint density at radius 3 is 2.48 bits per heavy atom. The van der Waals surface area contributed by atoms with E-state index >= 15 is 0 Å². The number of thioether (sulfide) groups is 1. The van der Waals surface area contributed by atoms with Crippen LogP contribution in [0.15, 0.2) is 42.5 Å². The fraction of sp³-hybridized carbons (Fsp3) is 0.200. The van der Waals surface area contributed by atoms with E-state index in [1.54, 1.807) is 37.1 Å². The molecule has 0 atom stereocenters. The maximum absolute atomic E-state index is 9.24. The zero-order chi connectivity index (χ0) is 15.2. The lowest BCUT2D eigenvalue weighted by Gasteiger charge is -2.11. The molecule has 0 unspecified atom stereocenters. The monoisotopic (exact) mass is 322 g/mol. The average Bonchev–Trinajstić information content (AvgIpc) is 2.49. The molecule has 21 heavy (non-hydrogen) atoms. The molecular weight excluding hydrogens is 306 g/mol. The van der Waals surface area contributed by atoms with Gasteiger partial charge in [0.2, 0.25) is 0 Å². The Morgan fingerprint density at radius 1 is 1.10 bits per heavy atom. The van der Waals surface area contributed by atoms with E-state index in [0.717, 1.165) is 27.7 Å². The molecule has 0 amide bonds. The Hall–Kier alpha value is -1.14. The van der Waals surface area contributed by atoms with E-state index in [1.807, 2.05) is 24.3 Å². The first-order valence-electron chi connectivity index (χ1n) is 6.46. The molecule has 2 aromatic carbocycles. The van der Waals surface area contributed by atoms with E-state index in [2.05, 4.69) is 0 Å². The second-order valence-corrected chi connectivity index (χ2v) is 5.92. The van der Waals surface area contributed by atoms with Gasteiger partial charge in [0.1, 0.15) is 5.75 Å². The maximum Gasteiger partial charge on any atom is 0.488 e. The van der Waals surface area contributed by atoms with Gasteiger partial charge in [-0.05, 0) is 23.2 Å². The molecule has 2 N–H and O–H groups in total. The van der Waals surface area contributed by atoms with Crippen LogP contribution in [0.3, 0.4) is 0 Å². The van der Waals surface area contributed by atoms with Crippen LogP contribution in [0.1, 0.15) is 11.1 Å². The van der Waals surface area contributed by atoms with Gasteiger partial charge in [0.25, 0.3) is 0 Å². The standard InChI is InChI=1S/C15H16BClO3S/c1-20-15-7-6-13(16(18)19)8-12(15)10-21-9-11-4-2-3-5-14(11)17/h2-8,18-19H,9-10H2,1H3. The summed E-state index contributed by atoms with van der Waals surface area (Å²) in [6.07, 6.45) is 0. The molecule has 0 radical (unpaired) electrons. The van der Waals surface area contributed by atoms with Gasteiger partial charge >= 0.3 is 7.12 Å². The highest BCUT2D eigenvalue weighted by atomic mass is 35.5. The molecule has 2 rings (SSSR count). The van der Waals surface area contributed by atoms with Crippen molar-refractivity contribution in [3.05, 3.63) is 58.6 Å². The van der Waals surface area contributed by atoms with E-state index in [0.29, 0.717) is 11.2 Å². The summed E-state index contributed by atoms with van der Waals surface area (Å²) in [4.78, 5) is 0. The summed E-state index contributed by atoms with van der Waals surface area (Å²) in [5.74, 6) is 2.23. The number of ether oxygens (including phenoxy) is 1. The van der Waals surface area contributed by atoms with E-state index in [9.17, 15) is 10.0 Å². The van der Waals surface area contributed by atoms with Crippen LogP contribution in [0, 0.1) is 0 Å². The van der Waals surface area contributed by atoms with Gasteiger partial charge in [-0.25, -0.2) is 0 Å². The Morgan fingerprint density at radius 2 is 1.81 bits per heavy atom. The lowest BCUT2D eigenvalue weighted by atomic mass is 9.79. The van der Waals surface area contributed by atoms with Gasteiger partial charge in [-0.15, -0.1) is 0 Å². The van der Waals surface area contributed by atoms with Crippen molar-refractivity contribution in [3.8, 4) is 5.75 Å². The summed E-state index contributed by atoms with van der Waals surface area (Å²) in [7, 11) is 0.135. The minimum Gasteiger partial charge on any atom is -0.496 e. The van der Waals surface area contributed by atoms with Crippen molar-refractivity contribution in [1.29, 1.82) is 0 Å². The largest absolute Gasteiger partial charge is 0.496 e. The van der Waals surface area contributed by atoms with Crippen LogP contribution in [0.25, 0.3) is 0 Å². The maximum atomic E-state index is 9.24. The van der Waals surface area contributed by atoms with E-state index in [4.69, 9.17) is 16.3 Å². The van der Waals surface area contributed by atoms with Crippen LogP contribution in [0.2, 0.25) is 5.02 Å². The van der Waals surface area contributed by atoms with Crippen molar-refractivity contribution in [1.82, 2.24) is 0 Å². The van der Waals surface area contributed by atoms with Crippen molar-refractivity contribution in [2.45, 2.75) is 11.5 Å². The summed E-state index contributed by atoms with van der Waals surface area (Å²) in [5, 5.41) is 19.2. The quantitative estimate of drug-likeness (QED) is 0.802.